The summed E-state index contributed by atoms with van der Waals surface area (Å²) in [5.74, 6) is 0.277. The first-order valence-electron chi connectivity index (χ1n) is 8.97. The number of hydrogen-bond donors (Lipinski definition) is 1. The Morgan fingerprint density at radius 2 is 1.93 bits per heavy atom. The van der Waals surface area contributed by atoms with Crippen LogP contribution < -0.4 is 15.7 Å². The molecule has 3 rings (SSSR count). The van der Waals surface area contributed by atoms with Crippen LogP contribution in [0.2, 0.25) is 0 Å². The normalized spacial score (nSPS) is 12.0. The maximum atomic E-state index is 12.9. The fraction of sp³-hybridized carbons (Fsp3) is 0.273. The molecule has 1 N–H and O–H groups in total. The van der Waals surface area contributed by atoms with Crippen molar-refractivity contribution >= 4 is 16.9 Å². The monoisotopic (exact) mass is 365 g/mol. The van der Waals surface area contributed by atoms with E-state index < -0.39 is 5.63 Å². The van der Waals surface area contributed by atoms with E-state index in [9.17, 15) is 9.59 Å². The van der Waals surface area contributed by atoms with Gasteiger partial charge in [-0.1, -0.05) is 23.8 Å². The summed E-state index contributed by atoms with van der Waals surface area (Å²) in [4.78, 5) is 24.8. The van der Waals surface area contributed by atoms with Gasteiger partial charge in [-0.2, -0.15) is 0 Å². The van der Waals surface area contributed by atoms with E-state index in [2.05, 4.69) is 11.4 Å². The quantitative estimate of drug-likeness (QED) is 0.685. The molecule has 0 spiro atoms. The largest absolute Gasteiger partial charge is 0.494 e. The smallest absolute Gasteiger partial charge is 0.337 e. The summed E-state index contributed by atoms with van der Waals surface area (Å²) >= 11 is 0. The van der Waals surface area contributed by atoms with E-state index in [-0.39, 0.29) is 11.9 Å². The molecule has 0 saturated carbocycles. The molecular weight excluding hydrogens is 342 g/mol. The lowest BCUT2D eigenvalue weighted by Gasteiger charge is -2.17. The Balaban J connectivity index is 1.94. The summed E-state index contributed by atoms with van der Waals surface area (Å²) in [6.07, 6.45) is 0. The second kappa shape index (κ2) is 7.66. The van der Waals surface area contributed by atoms with Crippen molar-refractivity contribution in [2.24, 2.45) is 0 Å². The van der Waals surface area contributed by atoms with Crippen molar-refractivity contribution in [2.45, 2.75) is 33.7 Å². The van der Waals surface area contributed by atoms with E-state index in [0.29, 0.717) is 28.9 Å². The van der Waals surface area contributed by atoms with Crippen LogP contribution >= 0.6 is 0 Å². The summed E-state index contributed by atoms with van der Waals surface area (Å²) in [5, 5.41) is 3.55. The second-order valence-corrected chi connectivity index (χ2v) is 6.63. The number of carbonyl (C=O) groups excluding carboxylic acids is 1. The lowest BCUT2D eigenvalue weighted by molar-refractivity contribution is 0.0941. The van der Waals surface area contributed by atoms with Crippen LogP contribution in [0.4, 0.5) is 0 Å². The van der Waals surface area contributed by atoms with E-state index in [1.54, 1.807) is 18.2 Å². The fourth-order valence-corrected chi connectivity index (χ4v) is 3.25. The lowest BCUT2D eigenvalue weighted by atomic mass is 10.00. The van der Waals surface area contributed by atoms with Crippen LogP contribution in [0.3, 0.4) is 0 Å². The molecule has 1 amide bonds. The minimum atomic E-state index is -0.569. The minimum absolute atomic E-state index is 0.192. The first kappa shape index (κ1) is 18.7. The summed E-state index contributed by atoms with van der Waals surface area (Å²) in [7, 11) is 0. The molecule has 1 unspecified atom stereocenters. The van der Waals surface area contributed by atoms with Gasteiger partial charge in [0.25, 0.3) is 5.91 Å². The number of benzene rings is 2. The Morgan fingerprint density at radius 3 is 2.63 bits per heavy atom. The molecule has 5 heteroatoms. The van der Waals surface area contributed by atoms with Gasteiger partial charge in [0, 0.05) is 17.5 Å². The highest BCUT2D eigenvalue weighted by Gasteiger charge is 2.17. The Kier molecular flexibility index (Phi) is 5.31. The average molecular weight is 365 g/mol. The van der Waals surface area contributed by atoms with Gasteiger partial charge < -0.3 is 14.5 Å². The summed E-state index contributed by atoms with van der Waals surface area (Å²) in [6.45, 7) is 8.36. The summed E-state index contributed by atoms with van der Waals surface area (Å²) < 4.78 is 10.7. The molecule has 0 aliphatic heterocycles. The molecule has 0 radical (unpaired) electrons. The van der Waals surface area contributed by atoms with Crippen molar-refractivity contribution in [3.8, 4) is 5.75 Å². The third-order valence-electron chi connectivity index (χ3n) is 4.51. The lowest BCUT2D eigenvalue weighted by Crippen LogP contribution is -2.28. The van der Waals surface area contributed by atoms with Gasteiger partial charge in [0.05, 0.1) is 18.2 Å². The van der Waals surface area contributed by atoms with Gasteiger partial charge in [0.15, 0.2) is 0 Å². The van der Waals surface area contributed by atoms with Gasteiger partial charge in [-0.15, -0.1) is 0 Å². The van der Waals surface area contributed by atoms with Crippen LogP contribution in [0.1, 0.15) is 46.9 Å². The molecule has 1 heterocycles. The van der Waals surface area contributed by atoms with Crippen molar-refractivity contribution in [3.05, 3.63) is 75.1 Å². The zero-order valence-corrected chi connectivity index (χ0v) is 16.0. The molecule has 0 aliphatic carbocycles. The molecule has 27 heavy (non-hydrogen) atoms. The zero-order valence-electron chi connectivity index (χ0n) is 16.0. The van der Waals surface area contributed by atoms with Gasteiger partial charge >= 0.3 is 5.63 Å². The molecule has 1 aromatic heterocycles. The van der Waals surface area contributed by atoms with Crippen LogP contribution in [0.25, 0.3) is 11.0 Å². The summed E-state index contributed by atoms with van der Waals surface area (Å²) in [6, 6.07) is 12.3. The third kappa shape index (κ3) is 4.03. The van der Waals surface area contributed by atoms with Gasteiger partial charge in [-0.3, -0.25) is 4.79 Å². The number of ether oxygens (including phenoxy) is 1. The zero-order chi connectivity index (χ0) is 19.6. The SMILES string of the molecule is CCOc1ccc2c(C(=O)NC(C)c3ccc(C)cc3C)cc(=O)oc2c1. The number of aryl methyl sites for hydroxylation is 2. The number of amides is 1. The Morgan fingerprint density at radius 1 is 1.15 bits per heavy atom. The van der Waals surface area contributed by atoms with Crippen LogP contribution in [0, 0.1) is 13.8 Å². The molecule has 2 aromatic carbocycles. The van der Waals surface area contributed by atoms with Crippen molar-refractivity contribution in [2.75, 3.05) is 6.61 Å². The van der Waals surface area contributed by atoms with E-state index in [4.69, 9.17) is 9.15 Å². The van der Waals surface area contributed by atoms with Gasteiger partial charge in [0.2, 0.25) is 0 Å². The predicted molar refractivity (Wildman–Crippen MR) is 105 cm³/mol. The first-order chi connectivity index (χ1) is 12.9. The number of rotatable bonds is 5. The van der Waals surface area contributed by atoms with Crippen molar-refractivity contribution in [1.82, 2.24) is 5.32 Å². The molecule has 0 fully saturated rings. The molecular formula is C22H23NO4. The number of nitrogens with one attached hydrogen (secondary N) is 1. The average Bonchev–Trinajstić information content (AvgIpc) is 2.60. The maximum absolute atomic E-state index is 12.9. The number of fused-ring (bicyclic) bond motifs is 1. The highest BCUT2D eigenvalue weighted by molar-refractivity contribution is 6.05. The van der Waals surface area contributed by atoms with Gasteiger partial charge in [-0.05, 0) is 51.0 Å². The Hall–Kier alpha value is -3.08. The Bertz CT molecular complexity index is 1050. The van der Waals surface area contributed by atoms with E-state index in [1.165, 1.54) is 11.6 Å². The number of carbonyl (C=O) groups is 1. The maximum Gasteiger partial charge on any atom is 0.337 e. The van der Waals surface area contributed by atoms with E-state index >= 15 is 0 Å². The molecule has 0 saturated heterocycles. The van der Waals surface area contributed by atoms with Crippen molar-refractivity contribution < 1.29 is 13.9 Å². The summed E-state index contributed by atoms with van der Waals surface area (Å²) in [5.41, 5.74) is 3.38. The molecule has 5 nitrogen and oxygen atoms in total. The van der Waals surface area contributed by atoms with Crippen LogP contribution in [-0.2, 0) is 0 Å². The highest BCUT2D eigenvalue weighted by Crippen LogP contribution is 2.24. The molecule has 140 valence electrons. The molecule has 0 bridgehead atoms. The van der Waals surface area contributed by atoms with Crippen LogP contribution in [0.5, 0.6) is 5.75 Å². The van der Waals surface area contributed by atoms with Gasteiger partial charge in [0.1, 0.15) is 11.3 Å². The third-order valence-corrected chi connectivity index (χ3v) is 4.51. The van der Waals surface area contributed by atoms with Crippen molar-refractivity contribution in [3.63, 3.8) is 0 Å². The topological polar surface area (TPSA) is 68.5 Å². The number of hydrogen-bond acceptors (Lipinski definition) is 4. The highest BCUT2D eigenvalue weighted by atomic mass is 16.5. The van der Waals surface area contributed by atoms with E-state index in [1.807, 2.05) is 39.8 Å². The van der Waals surface area contributed by atoms with Gasteiger partial charge in [-0.25, -0.2) is 4.79 Å². The second-order valence-electron chi connectivity index (χ2n) is 6.63. The first-order valence-corrected chi connectivity index (χ1v) is 8.97. The predicted octanol–water partition coefficient (Wildman–Crippen LogP) is 4.30. The van der Waals surface area contributed by atoms with Crippen LogP contribution in [0.15, 0.2) is 51.7 Å². The minimum Gasteiger partial charge on any atom is -0.494 e. The fourth-order valence-electron chi connectivity index (χ4n) is 3.25. The Labute approximate surface area is 158 Å². The standard InChI is InChI=1S/C22H23NO4/c1-5-26-16-7-9-18-19(12-21(24)27-20(18)11-16)22(25)23-15(4)17-8-6-13(2)10-14(17)3/h6-12,15H,5H2,1-4H3,(H,23,25). The van der Waals surface area contributed by atoms with Crippen molar-refractivity contribution in [1.29, 1.82) is 0 Å². The van der Waals surface area contributed by atoms with E-state index in [0.717, 1.165) is 11.1 Å². The molecule has 0 aliphatic rings. The molecule has 1 atom stereocenters. The van der Waals surface area contributed by atoms with Crippen LogP contribution in [-0.4, -0.2) is 12.5 Å². The molecule has 3 aromatic rings.